The lowest BCUT2D eigenvalue weighted by Crippen LogP contribution is -2.72. The molecule has 37 atom stereocenters. The van der Waals surface area contributed by atoms with Gasteiger partial charge in [0.1, 0.15) is 172 Å². The summed E-state index contributed by atoms with van der Waals surface area (Å²) in [4.78, 5) is 64.9. The number of amides is 3. The Bertz CT molecular complexity index is 2680. The van der Waals surface area contributed by atoms with Crippen molar-refractivity contribution < 1.29 is 218 Å². The lowest BCUT2D eigenvalue weighted by atomic mass is 9.87. The van der Waals surface area contributed by atoms with Crippen molar-refractivity contribution in [1.29, 1.82) is 0 Å². The van der Waals surface area contributed by atoms with Crippen molar-refractivity contribution in [1.82, 2.24) is 16.0 Å². The van der Waals surface area contributed by atoms with E-state index in [1.54, 1.807) is 0 Å². The summed E-state index contributed by atoms with van der Waals surface area (Å²) in [5, 5.41) is 288. The zero-order valence-electron chi connectivity index (χ0n) is 53.0. The van der Waals surface area contributed by atoms with Crippen LogP contribution in [0.1, 0.15) is 19.8 Å². The zero-order valence-corrected chi connectivity index (χ0v) is 53.0. The van der Waals surface area contributed by atoms with E-state index in [1.165, 1.54) is 0 Å². The third-order valence-corrected chi connectivity index (χ3v) is 17.9. The highest BCUT2D eigenvalue weighted by molar-refractivity contribution is 5.79. The van der Waals surface area contributed by atoms with Gasteiger partial charge in [-0.3, -0.25) is 14.4 Å². The predicted octanol–water partition coefficient (Wildman–Crippen LogP) is -19.5. The van der Waals surface area contributed by atoms with Crippen molar-refractivity contribution in [2.24, 2.45) is 0 Å². The van der Waals surface area contributed by atoms with Gasteiger partial charge in [-0.2, -0.15) is 0 Å². The molecule has 7 aliphatic heterocycles. The van der Waals surface area contributed by atoms with Gasteiger partial charge in [-0.05, 0) is 0 Å². The fourth-order valence-corrected chi connectivity index (χ4v) is 12.6. The molecule has 29 N–H and O–H groups in total. The standard InChI is InChI=1S/C54H89N3O44/c1-13(67)55-27-41(29(74)17(5-59)90-47(27)97-44-30(75)18(6-60)91-49(37(44)82)95-40-22(10-64)93-48(36(81)34(40)79)94-39-21(9-63)89-46(84)35(80)33(39)78)96-50-38(83)45(31(76)19(7-61)92-50)101-54(52(87)88)3-15(69)26(57-24(72)12-66)43(100-54)32(77)20(8-62)98-53(51(85)86)2-14(68)25(56-23(71)11-65)42(99-53)28(73)16(70)4-58/h14-22,25-50,58-66,68-70,73-84H,2-12H2,1H3,(H,55,67)(H,56,71)(H,57,72)(H,85,86)(H,87,88)/t14-,15-,16+,17+,18+,19+,20+,21+,22+,25+,26+,27+,28+,29-,30-,31-,32+,33+,34+,35+,36+,37+,38+,39+,40-,41+,42+,43+,44-,45-,46+,47-,48-,49+,50-,53+,54-/m0/s1. The average molecular weight is 1480 g/mol. The van der Waals surface area contributed by atoms with Crippen LogP contribution >= 0.6 is 0 Å². The lowest BCUT2D eigenvalue weighted by Gasteiger charge is -2.52. The highest BCUT2D eigenvalue weighted by Gasteiger charge is 2.64. The van der Waals surface area contributed by atoms with Gasteiger partial charge in [0.05, 0.1) is 70.5 Å². The minimum atomic E-state index is -3.62. The monoisotopic (exact) mass is 1480 g/mol. The van der Waals surface area contributed by atoms with Crippen LogP contribution < -0.4 is 16.0 Å². The van der Waals surface area contributed by atoms with E-state index in [9.17, 15) is 157 Å². The lowest BCUT2D eigenvalue weighted by molar-refractivity contribution is -0.393. The normalized spacial score (nSPS) is 45.0. The van der Waals surface area contributed by atoms with E-state index in [0.29, 0.717) is 0 Å². The first-order valence-corrected chi connectivity index (χ1v) is 31.2. The number of carboxylic acids is 2. The molecule has 47 heteroatoms. The van der Waals surface area contributed by atoms with E-state index >= 15 is 0 Å². The van der Waals surface area contributed by atoms with Crippen LogP contribution in [0.5, 0.6) is 0 Å². The molecule has 7 heterocycles. The summed E-state index contributed by atoms with van der Waals surface area (Å²) in [6.45, 7) is -10.4. The summed E-state index contributed by atoms with van der Waals surface area (Å²) in [7, 11) is 0. The summed E-state index contributed by atoms with van der Waals surface area (Å²) in [5.41, 5.74) is 0. The Morgan fingerprint density at radius 2 is 0.822 bits per heavy atom. The summed E-state index contributed by atoms with van der Waals surface area (Å²) >= 11 is 0. The molecule has 0 aromatic carbocycles. The number of rotatable bonds is 30. The number of carbonyl (C=O) groups excluding carboxylic acids is 3. The molecular weight excluding hydrogens is 1390 g/mol. The molecule has 47 nitrogen and oxygen atoms in total. The molecule has 101 heavy (non-hydrogen) atoms. The van der Waals surface area contributed by atoms with Crippen molar-refractivity contribution in [3.05, 3.63) is 0 Å². The average Bonchev–Trinajstić information content (AvgIpc) is 0.757. The fraction of sp³-hybridized carbons (Fsp3) is 0.907. The van der Waals surface area contributed by atoms with E-state index < -0.39 is 328 Å². The van der Waals surface area contributed by atoms with Crippen LogP contribution in [-0.2, 0) is 85.6 Å². The van der Waals surface area contributed by atoms with Gasteiger partial charge in [0.2, 0.25) is 17.7 Å². The molecule has 0 unspecified atom stereocenters. The van der Waals surface area contributed by atoms with Gasteiger partial charge >= 0.3 is 11.9 Å². The second-order valence-electron chi connectivity index (χ2n) is 24.7. The number of hydrogen-bond acceptors (Lipinski definition) is 42. The number of aliphatic carboxylic acids is 2. The van der Waals surface area contributed by atoms with E-state index in [4.69, 9.17) is 61.6 Å². The van der Waals surface area contributed by atoms with Gasteiger partial charge in [0, 0.05) is 19.8 Å². The van der Waals surface area contributed by atoms with Crippen LogP contribution in [0.25, 0.3) is 0 Å². The molecule has 3 amide bonds. The molecule has 7 rings (SSSR count). The molecule has 0 aromatic rings. The van der Waals surface area contributed by atoms with Gasteiger partial charge in [0.25, 0.3) is 11.6 Å². The summed E-state index contributed by atoms with van der Waals surface area (Å²) in [6, 6.07) is -6.21. The van der Waals surface area contributed by atoms with E-state index in [1.807, 2.05) is 10.6 Å². The van der Waals surface area contributed by atoms with E-state index in [0.717, 1.165) is 6.92 Å². The number of carbonyl (C=O) groups is 5. The minimum absolute atomic E-state index is 0.868. The molecule has 0 spiro atoms. The number of nitrogens with one attached hydrogen (secondary N) is 3. The van der Waals surface area contributed by atoms with Crippen molar-refractivity contribution >= 4 is 29.7 Å². The van der Waals surface area contributed by atoms with Crippen LogP contribution in [0, 0.1) is 0 Å². The molecule has 0 saturated carbocycles. The third-order valence-electron chi connectivity index (χ3n) is 17.9. The Kier molecular flexibility index (Phi) is 30.0. The van der Waals surface area contributed by atoms with Crippen LogP contribution in [0.4, 0.5) is 0 Å². The first-order valence-electron chi connectivity index (χ1n) is 31.2. The maximum atomic E-state index is 13.7. The molecule has 0 aliphatic carbocycles. The van der Waals surface area contributed by atoms with E-state index in [2.05, 4.69) is 5.32 Å². The number of ether oxygens (including phenoxy) is 13. The van der Waals surface area contributed by atoms with Crippen LogP contribution in [0.2, 0.25) is 0 Å². The molecule has 0 radical (unpaired) electrons. The van der Waals surface area contributed by atoms with Gasteiger partial charge < -0.3 is 210 Å². The molecule has 7 aliphatic rings. The predicted molar refractivity (Wildman–Crippen MR) is 304 cm³/mol. The first-order chi connectivity index (χ1) is 47.6. The number of aliphatic hydroxyl groups excluding tert-OH is 24. The second-order valence-corrected chi connectivity index (χ2v) is 24.7. The first kappa shape index (κ1) is 84.1. The SMILES string of the molecule is CC(=O)N[C@H]1[C@H](O[C@H]2[C@@H](O)[C@@H](CO)O[C@H](O[C@@H]3[C@H](O)[C@@H](O)[C@H](O[C@H]4[C@H](O)[C@@H](O)[C@H](O)O[C@@H]4CO)O[C@@H]3CO)[C@@H]2O)O[C@H](CO)[C@H](O)[C@@H]1O[C@@H]1O[C@H](CO)[C@H](O)[C@H](O[C@]2(C(=O)O)C[C@H](O)[C@@H](NC(=O)CO)[C@H]([C@H](O)[C@@H](CO)O[C@]3(C(=O)O)C[C@H](O)[C@@H](NC(=O)CO)[C@H]([C@H](O)[C@H](O)CO)O3)O2)[C@H]1O. The Hall–Kier alpha value is -4.13. The van der Waals surface area contributed by atoms with Crippen molar-refractivity contribution in [2.45, 2.75) is 246 Å². The maximum Gasteiger partial charge on any atom is 0.364 e. The molecule has 7 saturated heterocycles. The van der Waals surface area contributed by atoms with Crippen LogP contribution in [0.3, 0.4) is 0 Å². The van der Waals surface area contributed by atoms with Crippen molar-refractivity contribution in [3.8, 4) is 0 Å². The van der Waals surface area contributed by atoms with Gasteiger partial charge in [-0.15, -0.1) is 0 Å². The fourth-order valence-electron chi connectivity index (χ4n) is 12.6. The van der Waals surface area contributed by atoms with Gasteiger partial charge in [0.15, 0.2) is 31.5 Å². The Morgan fingerprint density at radius 1 is 0.426 bits per heavy atom. The maximum absolute atomic E-state index is 13.7. The largest absolute Gasteiger partial charge is 0.477 e. The summed E-state index contributed by atoms with van der Waals surface area (Å²) in [6.07, 6.45) is -74.3. The Labute approximate surface area is 568 Å². The Morgan fingerprint density at radius 3 is 1.29 bits per heavy atom. The Balaban J connectivity index is 1.16. The highest BCUT2D eigenvalue weighted by atomic mass is 16.8. The molecular formula is C54H89N3O44. The molecule has 584 valence electrons. The molecule has 0 aromatic heterocycles. The molecule has 7 fully saturated rings. The van der Waals surface area contributed by atoms with Crippen molar-refractivity contribution in [3.63, 3.8) is 0 Å². The van der Waals surface area contributed by atoms with Crippen molar-refractivity contribution in [2.75, 3.05) is 59.5 Å². The smallest absolute Gasteiger partial charge is 0.364 e. The van der Waals surface area contributed by atoms with Crippen LogP contribution in [0.15, 0.2) is 0 Å². The van der Waals surface area contributed by atoms with Gasteiger partial charge in [-0.25, -0.2) is 9.59 Å². The highest BCUT2D eigenvalue weighted by Crippen LogP contribution is 2.42. The summed E-state index contributed by atoms with van der Waals surface area (Å²) in [5.74, 6) is -15.4. The third kappa shape index (κ3) is 18.1. The quantitative estimate of drug-likeness (QED) is 0.0318. The number of hydrogen-bond donors (Lipinski definition) is 29. The number of carboxylic acid groups (broad SMARTS) is 2. The summed E-state index contributed by atoms with van der Waals surface area (Å²) < 4.78 is 73.7. The second kappa shape index (κ2) is 36.0. The van der Waals surface area contributed by atoms with E-state index in [-0.39, 0.29) is 0 Å². The molecule has 0 bridgehead atoms. The zero-order chi connectivity index (χ0) is 75.2. The van der Waals surface area contributed by atoms with Gasteiger partial charge in [-0.1, -0.05) is 0 Å². The van der Waals surface area contributed by atoms with Crippen LogP contribution in [-0.4, -0.2) is 448 Å². The number of aliphatic hydroxyl groups is 24. The topological polar surface area (TPSA) is 767 Å². The minimum Gasteiger partial charge on any atom is -0.477 e.